The number of carbonyl (C=O) groups is 2. The number of hydrogen-bond donors (Lipinski definition) is 1. The third-order valence-electron chi connectivity index (χ3n) is 3.81. The second-order valence-corrected chi connectivity index (χ2v) is 5.31. The largest absolute Gasteiger partial charge is 0.507 e. The number of oxazole rings is 1. The molecule has 0 aliphatic carbocycles. The Kier molecular flexibility index (Phi) is 2.90. The Bertz CT molecular complexity index is 896. The van der Waals surface area contributed by atoms with E-state index in [1.807, 2.05) is 12.1 Å². The van der Waals surface area contributed by atoms with Gasteiger partial charge in [-0.1, -0.05) is 12.1 Å². The minimum Gasteiger partial charge on any atom is -0.507 e. The van der Waals surface area contributed by atoms with Gasteiger partial charge in [0.2, 0.25) is 17.7 Å². The van der Waals surface area contributed by atoms with Crippen LogP contribution in [-0.2, 0) is 9.59 Å². The number of amides is 2. The smallest absolute Gasteiger partial charge is 0.234 e. The summed E-state index contributed by atoms with van der Waals surface area (Å²) in [6.45, 7) is 0. The minimum absolute atomic E-state index is 0.0283. The average Bonchev–Trinajstić information content (AvgIpc) is 3.12. The lowest BCUT2D eigenvalue weighted by atomic mass is 10.1. The second-order valence-electron chi connectivity index (χ2n) is 5.31. The fourth-order valence-corrected chi connectivity index (χ4v) is 2.69. The highest BCUT2D eigenvalue weighted by molar-refractivity contribution is 6.20. The van der Waals surface area contributed by atoms with Gasteiger partial charge in [-0.2, -0.15) is 0 Å². The van der Waals surface area contributed by atoms with E-state index >= 15 is 0 Å². The van der Waals surface area contributed by atoms with Crippen molar-refractivity contribution in [1.82, 2.24) is 4.98 Å². The number of para-hydroxylation sites is 2. The number of aromatic hydroxyl groups is 1. The molecule has 0 bridgehead atoms. The number of phenolic OH excluding ortho intramolecular Hbond substituents is 1. The van der Waals surface area contributed by atoms with E-state index in [0.717, 1.165) is 4.90 Å². The van der Waals surface area contributed by atoms with Gasteiger partial charge in [0.15, 0.2) is 5.58 Å². The van der Waals surface area contributed by atoms with E-state index in [4.69, 9.17) is 4.42 Å². The number of anilines is 1. The Morgan fingerprint density at radius 2 is 1.78 bits per heavy atom. The second kappa shape index (κ2) is 4.95. The Hall–Kier alpha value is -3.15. The zero-order chi connectivity index (χ0) is 16.0. The Morgan fingerprint density at radius 1 is 1.04 bits per heavy atom. The van der Waals surface area contributed by atoms with Gasteiger partial charge in [0.25, 0.3) is 0 Å². The molecule has 3 aromatic rings. The quantitative estimate of drug-likeness (QED) is 0.736. The maximum absolute atomic E-state index is 11.9. The van der Waals surface area contributed by atoms with E-state index in [2.05, 4.69) is 4.98 Å². The number of benzene rings is 2. The van der Waals surface area contributed by atoms with Gasteiger partial charge < -0.3 is 9.52 Å². The zero-order valence-corrected chi connectivity index (χ0v) is 12.0. The maximum Gasteiger partial charge on any atom is 0.234 e. The monoisotopic (exact) mass is 308 g/mol. The number of fused-ring (bicyclic) bond motifs is 1. The maximum atomic E-state index is 11.9. The first-order chi connectivity index (χ1) is 11.1. The van der Waals surface area contributed by atoms with Gasteiger partial charge in [0.05, 0.1) is 11.3 Å². The molecule has 2 heterocycles. The van der Waals surface area contributed by atoms with Gasteiger partial charge >= 0.3 is 0 Å². The molecule has 2 aromatic carbocycles. The molecule has 6 nitrogen and oxygen atoms in total. The molecule has 0 atom stereocenters. The fourth-order valence-electron chi connectivity index (χ4n) is 2.69. The summed E-state index contributed by atoms with van der Waals surface area (Å²) in [5.41, 5.74) is 2.01. The van der Waals surface area contributed by atoms with Crippen LogP contribution in [0.5, 0.6) is 5.75 Å². The van der Waals surface area contributed by atoms with Crippen molar-refractivity contribution in [1.29, 1.82) is 0 Å². The summed E-state index contributed by atoms with van der Waals surface area (Å²) in [4.78, 5) is 29.2. The van der Waals surface area contributed by atoms with Crippen molar-refractivity contribution in [3.05, 3.63) is 42.5 Å². The minimum atomic E-state index is -0.246. The van der Waals surface area contributed by atoms with Crippen LogP contribution in [0, 0.1) is 0 Å². The molecule has 0 unspecified atom stereocenters. The van der Waals surface area contributed by atoms with Crippen molar-refractivity contribution in [2.75, 3.05) is 4.90 Å². The first-order valence-electron chi connectivity index (χ1n) is 7.18. The fraction of sp³-hybridized carbons (Fsp3) is 0.118. The summed E-state index contributed by atoms with van der Waals surface area (Å²) in [5, 5.41) is 10.1. The van der Waals surface area contributed by atoms with Gasteiger partial charge in [0, 0.05) is 12.8 Å². The summed E-state index contributed by atoms with van der Waals surface area (Å²) in [6, 6.07) is 11.8. The molecule has 0 saturated carbocycles. The van der Waals surface area contributed by atoms with Gasteiger partial charge in [-0.25, -0.2) is 4.98 Å². The highest BCUT2D eigenvalue weighted by Gasteiger charge is 2.31. The van der Waals surface area contributed by atoms with Crippen LogP contribution in [0.2, 0.25) is 0 Å². The van der Waals surface area contributed by atoms with Crippen LogP contribution in [0.15, 0.2) is 46.9 Å². The van der Waals surface area contributed by atoms with Crippen molar-refractivity contribution >= 4 is 28.6 Å². The van der Waals surface area contributed by atoms with Crippen LogP contribution in [-0.4, -0.2) is 21.9 Å². The van der Waals surface area contributed by atoms with Crippen molar-refractivity contribution in [3.63, 3.8) is 0 Å². The van der Waals surface area contributed by atoms with Crippen LogP contribution in [0.3, 0.4) is 0 Å². The molecule has 23 heavy (non-hydrogen) atoms. The van der Waals surface area contributed by atoms with Crippen LogP contribution in [0.4, 0.5) is 5.69 Å². The van der Waals surface area contributed by atoms with Crippen LogP contribution in [0.25, 0.3) is 22.6 Å². The summed E-state index contributed by atoms with van der Waals surface area (Å²) < 4.78 is 5.65. The molecule has 0 radical (unpaired) electrons. The molecular weight excluding hydrogens is 296 g/mol. The number of carbonyl (C=O) groups excluding carboxylic acids is 2. The third-order valence-corrected chi connectivity index (χ3v) is 3.81. The number of phenols is 1. The summed E-state index contributed by atoms with van der Waals surface area (Å²) in [5.74, 6) is -0.280. The molecule has 114 valence electrons. The molecule has 1 fully saturated rings. The standard InChI is InChI=1S/C17H12N2O4/c20-13-6-5-10(19-15(21)7-8-16(19)22)9-11(13)17-18-12-3-1-2-4-14(12)23-17/h1-6,9,20H,7-8H2. The molecule has 2 amide bonds. The Morgan fingerprint density at radius 3 is 2.52 bits per heavy atom. The van der Waals surface area contributed by atoms with Gasteiger partial charge in [0.1, 0.15) is 11.3 Å². The third kappa shape index (κ3) is 2.15. The van der Waals surface area contributed by atoms with E-state index in [-0.39, 0.29) is 36.3 Å². The lowest BCUT2D eigenvalue weighted by Gasteiger charge is -2.14. The lowest BCUT2D eigenvalue weighted by molar-refractivity contribution is -0.121. The summed E-state index contributed by atoms with van der Waals surface area (Å²) >= 11 is 0. The average molecular weight is 308 g/mol. The first-order valence-corrected chi connectivity index (χ1v) is 7.18. The Labute approximate surface area is 131 Å². The van der Waals surface area contributed by atoms with Crippen molar-refractivity contribution in [2.45, 2.75) is 12.8 Å². The number of nitrogens with zero attached hydrogens (tertiary/aromatic N) is 2. The van der Waals surface area contributed by atoms with Crippen molar-refractivity contribution < 1.29 is 19.1 Å². The van der Waals surface area contributed by atoms with Crippen molar-refractivity contribution in [3.8, 4) is 17.2 Å². The molecular formula is C17H12N2O4. The van der Waals surface area contributed by atoms with E-state index < -0.39 is 0 Å². The lowest BCUT2D eigenvalue weighted by Crippen LogP contribution is -2.28. The van der Waals surface area contributed by atoms with Crippen LogP contribution < -0.4 is 4.90 Å². The highest BCUT2D eigenvalue weighted by atomic mass is 16.3. The normalized spacial score (nSPS) is 14.9. The van der Waals surface area contributed by atoms with Crippen LogP contribution >= 0.6 is 0 Å². The molecule has 4 rings (SSSR count). The molecule has 1 aromatic heterocycles. The number of imide groups is 1. The van der Waals surface area contributed by atoms with Gasteiger partial charge in [-0.05, 0) is 30.3 Å². The number of aromatic nitrogens is 1. The van der Waals surface area contributed by atoms with E-state index in [0.29, 0.717) is 22.4 Å². The molecule has 1 N–H and O–H groups in total. The highest BCUT2D eigenvalue weighted by Crippen LogP contribution is 2.35. The topological polar surface area (TPSA) is 83.6 Å². The first kappa shape index (κ1) is 13.5. The van der Waals surface area contributed by atoms with Gasteiger partial charge in [-0.3, -0.25) is 14.5 Å². The summed E-state index contributed by atoms with van der Waals surface area (Å²) in [6.07, 6.45) is 0.413. The molecule has 1 aliphatic heterocycles. The Balaban J connectivity index is 1.83. The molecule has 0 spiro atoms. The van der Waals surface area contributed by atoms with Crippen molar-refractivity contribution in [2.24, 2.45) is 0 Å². The number of rotatable bonds is 2. The SMILES string of the molecule is O=C1CCC(=O)N1c1ccc(O)c(-c2nc3ccccc3o2)c1. The van der Waals surface area contributed by atoms with Gasteiger partial charge in [-0.15, -0.1) is 0 Å². The molecule has 6 heteroatoms. The van der Waals surface area contributed by atoms with E-state index in [1.54, 1.807) is 18.2 Å². The number of hydrogen-bond acceptors (Lipinski definition) is 5. The van der Waals surface area contributed by atoms with E-state index in [9.17, 15) is 14.7 Å². The predicted octanol–water partition coefficient (Wildman–Crippen LogP) is 2.85. The van der Waals surface area contributed by atoms with Crippen LogP contribution in [0.1, 0.15) is 12.8 Å². The summed E-state index contributed by atoms with van der Waals surface area (Å²) in [7, 11) is 0. The zero-order valence-electron chi connectivity index (χ0n) is 12.0. The molecule has 1 saturated heterocycles. The molecule has 1 aliphatic rings. The van der Waals surface area contributed by atoms with E-state index in [1.165, 1.54) is 12.1 Å². The predicted molar refractivity (Wildman–Crippen MR) is 82.8 cm³/mol.